The first-order valence-corrected chi connectivity index (χ1v) is 10.4. The Morgan fingerprint density at radius 3 is 2.20 bits per heavy atom. The maximum atomic E-state index is 4.67. The van der Waals surface area contributed by atoms with Gasteiger partial charge in [0.15, 0.2) is 0 Å². The second kappa shape index (κ2) is 8.20. The van der Waals surface area contributed by atoms with E-state index >= 15 is 0 Å². The Hall–Kier alpha value is -1.58. The van der Waals surface area contributed by atoms with E-state index in [1.165, 1.54) is 76.5 Å². The lowest BCUT2D eigenvalue weighted by atomic mass is 9.87. The van der Waals surface area contributed by atoms with Crippen LogP contribution in [0.15, 0.2) is 18.6 Å². The van der Waals surface area contributed by atoms with Crippen molar-refractivity contribution in [3.63, 3.8) is 0 Å². The molecule has 0 spiro atoms. The fraction of sp³-hybridized carbons (Fsp3) is 0.714. The minimum Gasteiger partial charge on any atom is -0.328 e. The third kappa shape index (κ3) is 4.34. The number of hydrogen-bond donors (Lipinski definition) is 1. The second-order valence-corrected chi connectivity index (χ2v) is 8.20. The van der Waals surface area contributed by atoms with Gasteiger partial charge in [0.05, 0.1) is 6.20 Å². The number of imidazole rings is 2. The number of rotatable bonds is 5. The molecule has 4 rings (SSSR count). The van der Waals surface area contributed by atoms with E-state index in [4.69, 9.17) is 0 Å². The Morgan fingerprint density at radius 1 is 0.840 bits per heavy atom. The zero-order chi connectivity index (χ0) is 16.9. The molecule has 2 aromatic heterocycles. The van der Waals surface area contributed by atoms with Gasteiger partial charge in [-0.1, -0.05) is 70.6 Å². The lowest BCUT2D eigenvalue weighted by molar-refractivity contribution is 0.352. The monoisotopic (exact) mass is 340 g/mol. The molecule has 0 amide bonds. The van der Waals surface area contributed by atoms with Crippen LogP contribution in [-0.2, 0) is 12.8 Å². The smallest absolute Gasteiger partial charge is 0.135 e. The molecular weight excluding hydrogens is 308 g/mol. The van der Waals surface area contributed by atoms with Crippen LogP contribution in [0.2, 0.25) is 0 Å². The molecule has 2 saturated carbocycles. The van der Waals surface area contributed by atoms with Crippen molar-refractivity contribution in [1.82, 2.24) is 19.5 Å². The fourth-order valence-corrected chi connectivity index (χ4v) is 4.77. The van der Waals surface area contributed by atoms with Gasteiger partial charge in [-0.15, -0.1) is 0 Å². The summed E-state index contributed by atoms with van der Waals surface area (Å²) in [5, 5.41) is 0. The molecule has 136 valence electrons. The standard InChI is InChI=1S/C21H32N4/c1-2-5-11-18(10-4-1)15-20-22-12-13-25(20)21-16-23-19(24-21)14-17-8-6-3-7-9-17/h12-13,16-18H,1-11,14-15H2,(H,23,24). The van der Waals surface area contributed by atoms with Gasteiger partial charge in [0, 0.05) is 25.2 Å². The van der Waals surface area contributed by atoms with E-state index in [0.717, 1.165) is 36.3 Å². The number of hydrogen-bond acceptors (Lipinski definition) is 2. The van der Waals surface area contributed by atoms with E-state index in [1.54, 1.807) is 0 Å². The van der Waals surface area contributed by atoms with Crippen LogP contribution in [0.3, 0.4) is 0 Å². The molecule has 0 saturated heterocycles. The third-order valence-corrected chi connectivity index (χ3v) is 6.24. The number of aromatic amines is 1. The highest BCUT2D eigenvalue weighted by Crippen LogP contribution is 2.27. The van der Waals surface area contributed by atoms with Crippen LogP contribution in [0, 0.1) is 11.8 Å². The van der Waals surface area contributed by atoms with E-state index < -0.39 is 0 Å². The van der Waals surface area contributed by atoms with Gasteiger partial charge in [-0.25, -0.2) is 9.97 Å². The zero-order valence-corrected chi connectivity index (χ0v) is 15.4. The van der Waals surface area contributed by atoms with E-state index in [1.807, 2.05) is 12.4 Å². The summed E-state index contributed by atoms with van der Waals surface area (Å²) >= 11 is 0. The molecular formula is C21H32N4. The van der Waals surface area contributed by atoms with Crippen molar-refractivity contribution in [2.75, 3.05) is 0 Å². The first-order chi connectivity index (χ1) is 12.4. The molecule has 0 aliphatic heterocycles. The molecule has 0 aromatic carbocycles. The Bertz CT molecular complexity index is 642. The molecule has 2 fully saturated rings. The Labute approximate surface area is 151 Å². The largest absolute Gasteiger partial charge is 0.328 e. The molecule has 2 heterocycles. The maximum Gasteiger partial charge on any atom is 0.135 e. The molecule has 4 heteroatoms. The quantitative estimate of drug-likeness (QED) is 0.757. The highest BCUT2D eigenvalue weighted by molar-refractivity contribution is 5.23. The van der Waals surface area contributed by atoms with Gasteiger partial charge in [0.2, 0.25) is 0 Å². The molecule has 25 heavy (non-hydrogen) atoms. The van der Waals surface area contributed by atoms with Crippen LogP contribution >= 0.6 is 0 Å². The van der Waals surface area contributed by atoms with Gasteiger partial charge in [-0.2, -0.15) is 0 Å². The summed E-state index contributed by atoms with van der Waals surface area (Å²) in [5.41, 5.74) is 0. The summed E-state index contributed by atoms with van der Waals surface area (Å²) in [6, 6.07) is 0. The molecule has 1 N–H and O–H groups in total. The summed E-state index contributed by atoms with van der Waals surface area (Å²) in [6.07, 6.45) is 23.5. The summed E-state index contributed by atoms with van der Waals surface area (Å²) in [7, 11) is 0. The highest BCUT2D eigenvalue weighted by atomic mass is 15.2. The van der Waals surface area contributed by atoms with E-state index in [0.29, 0.717) is 0 Å². The summed E-state index contributed by atoms with van der Waals surface area (Å²) in [5.74, 6) is 5.05. The van der Waals surface area contributed by atoms with Crippen molar-refractivity contribution in [2.24, 2.45) is 11.8 Å². The van der Waals surface area contributed by atoms with Crippen LogP contribution in [0.5, 0.6) is 0 Å². The van der Waals surface area contributed by atoms with E-state index in [-0.39, 0.29) is 0 Å². The van der Waals surface area contributed by atoms with Crippen molar-refractivity contribution in [1.29, 1.82) is 0 Å². The average Bonchev–Trinajstić information content (AvgIpc) is 3.20. The van der Waals surface area contributed by atoms with Crippen LogP contribution in [0.4, 0.5) is 0 Å². The van der Waals surface area contributed by atoms with Crippen LogP contribution in [0.1, 0.15) is 82.3 Å². The fourth-order valence-electron chi connectivity index (χ4n) is 4.77. The van der Waals surface area contributed by atoms with E-state index in [2.05, 4.69) is 25.7 Å². The molecule has 2 aliphatic carbocycles. The van der Waals surface area contributed by atoms with Crippen molar-refractivity contribution < 1.29 is 0 Å². The number of H-pyrrole nitrogens is 1. The number of nitrogens with zero attached hydrogens (tertiary/aromatic N) is 3. The lowest BCUT2D eigenvalue weighted by Gasteiger charge is -2.20. The van der Waals surface area contributed by atoms with Crippen molar-refractivity contribution in [2.45, 2.75) is 83.5 Å². The number of aromatic nitrogens is 4. The van der Waals surface area contributed by atoms with Gasteiger partial charge in [0.25, 0.3) is 0 Å². The Morgan fingerprint density at radius 2 is 1.48 bits per heavy atom. The third-order valence-electron chi connectivity index (χ3n) is 6.24. The van der Waals surface area contributed by atoms with Gasteiger partial charge >= 0.3 is 0 Å². The first-order valence-electron chi connectivity index (χ1n) is 10.4. The summed E-state index contributed by atoms with van der Waals surface area (Å²) < 4.78 is 2.22. The number of nitrogens with one attached hydrogen (secondary N) is 1. The summed E-state index contributed by atoms with van der Waals surface area (Å²) in [4.78, 5) is 12.9. The Balaban J connectivity index is 1.42. The molecule has 0 radical (unpaired) electrons. The second-order valence-electron chi connectivity index (χ2n) is 8.20. The van der Waals surface area contributed by atoms with Crippen LogP contribution in [0.25, 0.3) is 5.82 Å². The van der Waals surface area contributed by atoms with E-state index in [9.17, 15) is 0 Å². The van der Waals surface area contributed by atoms with Gasteiger partial charge in [0.1, 0.15) is 17.5 Å². The van der Waals surface area contributed by atoms with Crippen molar-refractivity contribution >= 4 is 0 Å². The molecule has 4 nitrogen and oxygen atoms in total. The normalized spacial score (nSPS) is 20.6. The van der Waals surface area contributed by atoms with Crippen LogP contribution in [-0.4, -0.2) is 19.5 Å². The molecule has 2 aromatic rings. The predicted molar refractivity (Wildman–Crippen MR) is 101 cm³/mol. The Kier molecular flexibility index (Phi) is 5.53. The minimum atomic E-state index is 0.799. The SMILES string of the molecule is c1cn(-c2cnc(CC3CCCCC3)[nH]2)c(CC2CCCCCC2)n1. The molecule has 2 aliphatic rings. The van der Waals surface area contributed by atoms with Gasteiger partial charge < -0.3 is 4.98 Å². The zero-order valence-electron chi connectivity index (χ0n) is 15.4. The predicted octanol–water partition coefficient (Wildman–Crippen LogP) is 5.23. The van der Waals surface area contributed by atoms with Crippen molar-refractivity contribution in [3.05, 3.63) is 30.2 Å². The first kappa shape index (κ1) is 16.9. The lowest BCUT2D eigenvalue weighted by Crippen LogP contribution is -2.11. The minimum absolute atomic E-state index is 0.799. The average molecular weight is 341 g/mol. The topological polar surface area (TPSA) is 46.5 Å². The summed E-state index contributed by atoms with van der Waals surface area (Å²) in [6.45, 7) is 0. The molecule has 0 bridgehead atoms. The van der Waals surface area contributed by atoms with Gasteiger partial charge in [-0.3, -0.25) is 4.57 Å². The molecule has 0 unspecified atom stereocenters. The van der Waals surface area contributed by atoms with Gasteiger partial charge in [-0.05, 0) is 11.8 Å². The van der Waals surface area contributed by atoms with Crippen molar-refractivity contribution in [3.8, 4) is 5.82 Å². The molecule has 0 atom stereocenters. The highest BCUT2D eigenvalue weighted by Gasteiger charge is 2.18. The van der Waals surface area contributed by atoms with Crippen LogP contribution < -0.4 is 0 Å². The maximum absolute atomic E-state index is 4.67.